The van der Waals surface area contributed by atoms with Gasteiger partial charge in [0, 0.05) is 0 Å². The van der Waals surface area contributed by atoms with Crippen LogP contribution >= 0.6 is 11.6 Å². The van der Waals surface area contributed by atoms with Crippen LogP contribution < -0.4 is 14.9 Å². The van der Waals surface area contributed by atoms with E-state index >= 15 is 0 Å². The van der Waals surface area contributed by atoms with E-state index in [-0.39, 0.29) is 11.2 Å². The van der Waals surface area contributed by atoms with Gasteiger partial charge in [0.05, 0.1) is 25.1 Å². The zero-order valence-electron chi connectivity index (χ0n) is 14.6. The number of ether oxygens (including phenoxy) is 2. The third kappa shape index (κ3) is 4.80. The Labute approximate surface area is 164 Å². The van der Waals surface area contributed by atoms with Gasteiger partial charge in [-0.25, -0.2) is 10.4 Å². The van der Waals surface area contributed by atoms with Crippen LogP contribution in [-0.4, -0.2) is 29.2 Å². The van der Waals surface area contributed by atoms with E-state index in [9.17, 15) is 9.18 Å². The van der Waals surface area contributed by atoms with E-state index in [4.69, 9.17) is 21.1 Å². The first-order valence-corrected chi connectivity index (χ1v) is 8.37. The fourth-order valence-corrected chi connectivity index (χ4v) is 2.36. The Balaban J connectivity index is 1.69. The largest absolute Gasteiger partial charge is 0.496 e. The minimum absolute atomic E-state index is 0.131. The summed E-state index contributed by atoms with van der Waals surface area (Å²) >= 11 is 5.65. The summed E-state index contributed by atoms with van der Waals surface area (Å²) in [6.07, 6.45) is 2.34. The van der Waals surface area contributed by atoms with Crippen molar-refractivity contribution < 1.29 is 18.7 Å². The lowest BCUT2D eigenvalue weighted by Gasteiger charge is -2.07. The first-order chi connectivity index (χ1) is 13.6. The highest BCUT2D eigenvalue weighted by Crippen LogP contribution is 2.23. The average Bonchev–Trinajstić information content (AvgIpc) is 2.71. The van der Waals surface area contributed by atoms with E-state index < -0.39 is 11.7 Å². The highest BCUT2D eigenvalue weighted by Gasteiger charge is 2.10. The Hall–Kier alpha value is -3.52. The second kappa shape index (κ2) is 8.92. The van der Waals surface area contributed by atoms with Crippen molar-refractivity contribution in [3.8, 4) is 17.4 Å². The molecule has 0 fully saturated rings. The van der Waals surface area contributed by atoms with Crippen molar-refractivity contribution in [2.75, 3.05) is 7.11 Å². The van der Waals surface area contributed by atoms with Gasteiger partial charge >= 0.3 is 0 Å². The number of nitrogens with zero attached hydrogens (tertiary/aromatic N) is 3. The molecule has 0 spiro atoms. The smallest absolute Gasteiger partial charge is 0.275 e. The highest BCUT2D eigenvalue weighted by molar-refractivity contribution is 6.28. The predicted octanol–water partition coefficient (Wildman–Crippen LogP) is 3.83. The summed E-state index contributed by atoms with van der Waals surface area (Å²) in [5, 5.41) is 3.79. The van der Waals surface area contributed by atoms with Gasteiger partial charge in [0.15, 0.2) is 0 Å². The van der Waals surface area contributed by atoms with Crippen LogP contribution in [0.15, 0.2) is 59.8 Å². The highest BCUT2D eigenvalue weighted by atomic mass is 35.5. The summed E-state index contributed by atoms with van der Waals surface area (Å²) < 4.78 is 24.2. The third-order valence-electron chi connectivity index (χ3n) is 3.49. The van der Waals surface area contributed by atoms with E-state index in [1.807, 2.05) is 0 Å². The van der Waals surface area contributed by atoms with Gasteiger partial charge in [-0.15, -0.1) is 0 Å². The molecule has 0 radical (unpaired) electrons. The molecule has 3 rings (SSSR count). The standard InChI is InChI=1S/C19H14ClFN4O3/c1-27-16-8-3-2-7-14(16)17(26)25-23-10-12-5-4-6-13(9-12)28-18-15(21)11-22-19(20)24-18/h2-11H,1H3,(H,25,26)/b23-10-. The van der Waals surface area contributed by atoms with Crippen LogP contribution in [0.4, 0.5) is 4.39 Å². The van der Waals surface area contributed by atoms with Crippen molar-refractivity contribution in [3.05, 3.63) is 77.0 Å². The third-order valence-corrected chi connectivity index (χ3v) is 3.67. The van der Waals surface area contributed by atoms with E-state index in [1.165, 1.54) is 13.3 Å². The second-order valence-electron chi connectivity index (χ2n) is 5.37. The summed E-state index contributed by atoms with van der Waals surface area (Å²) in [5.74, 6) is -0.699. The van der Waals surface area contributed by atoms with Crippen molar-refractivity contribution in [2.24, 2.45) is 5.10 Å². The zero-order chi connectivity index (χ0) is 19.9. The molecule has 0 atom stereocenters. The van der Waals surface area contributed by atoms with E-state index in [1.54, 1.807) is 48.5 Å². The van der Waals surface area contributed by atoms with Gasteiger partial charge in [0.2, 0.25) is 11.1 Å². The number of aromatic nitrogens is 2. The predicted molar refractivity (Wildman–Crippen MR) is 102 cm³/mol. The lowest BCUT2D eigenvalue weighted by atomic mass is 10.2. The van der Waals surface area contributed by atoms with Crippen molar-refractivity contribution in [2.45, 2.75) is 0 Å². The Morgan fingerprint density at radius 1 is 1.25 bits per heavy atom. The molecule has 3 aromatic rings. The number of methoxy groups -OCH3 is 1. The molecule has 9 heteroatoms. The Morgan fingerprint density at radius 2 is 2.07 bits per heavy atom. The van der Waals surface area contributed by atoms with Crippen LogP contribution in [0, 0.1) is 5.82 Å². The first-order valence-electron chi connectivity index (χ1n) is 7.99. The molecule has 0 aliphatic rings. The maximum Gasteiger partial charge on any atom is 0.275 e. The van der Waals surface area contributed by atoms with Gasteiger partial charge < -0.3 is 9.47 Å². The number of benzene rings is 2. The summed E-state index contributed by atoms with van der Waals surface area (Å²) in [4.78, 5) is 19.4. The first kappa shape index (κ1) is 19.2. The fraction of sp³-hybridized carbons (Fsp3) is 0.0526. The van der Waals surface area contributed by atoms with Gasteiger partial charge in [0.25, 0.3) is 11.8 Å². The minimum Gasteiger partial charge on any atom is -0.496 e. The van der Waals surface area contributed by atoms with Crippen LogP contribution in [0.3, 0.4) is 0 Å². The number of carbonyl (C=O) groups is 1. The SMILES string of the molecule is COc1ccccc1C(=O)N/N=C\c1cccc(Oc2nc(Cl)ncc2F)c1. The molecule has 2 aromatic carbocycles. The maximum atomic E-state index is 13.7. The van der Waals surface area contributed by atoms with E-state index in [0.29, 0.717) is 22.6 Å². The number of halogens is 2. The number of hydrazone groups is 1. The lowest BCUT2D eigenvalue weighted by Crippen LogP contribution is -2.18. The van der Waals surface area contributed by atoms with Gasteiger partial charge in [-0.2, -0.15) is 14.5 Å². The Morgan fingerprint density at radius 3 is 2.89 bits per heavy atom. The van der Waals surface area contributed by atoms with Crippen molar-refractivity contribution >= 4 is 23.7 Å². The molecule has 0 aliphatic carbocycles. The molecule has 0 bridgehead atoms. The van der Waals surface area contributed by atoms with Gasteiger partial charge in [0.1, 0.15) is 11.5 Å². The van der Waals surface area contributed by atoms with Crippen molar-refractivity contribution in [1.29, 1.82) is 0 Å². The molecule has 0 saturated heterocycles. The zero-order valence-corrected chi connectivity index (χ0v) is 15.4. The molecule has 142 valence electrons. The number of hydrogen-bond acceptors (Lipinski definition) is 6. The van der Waals surface area contributed by atoms with E-state index in [0.717, 1.165) is 6.20 Å². The number of para-hydroxylation sites is 1. The summed E-state index contributed by atoms with van der Waals surface area (Å²) in [7, 11) is 1.48. The van der Waals surface area contributed by atoms with Gasteiger partial charge in [-0.3, -0.25) is 4.79 Å². The molecular weight excluding hydrogens is 387 g/mol. The summed E-state index contributed by atoms with van der Waals surface area (Å²) in [6.45, 7) is 0. The van der Waals surface area contributed by atoms with Crippen molar-refractivity contribution in [1.82, 2.24) is 15.4 Å². The number of amides is 1. The van der Waals surface area contributed by atoms with Gasteiger partial charge in [-0.1, -0.05) is 24.3 Å². The lowest BCUT2D eigenvalue weighted by molar-refractivity contribution is 0.0952. The Bertz CT molecular complexity index is 1030. The fourth-order valence-electron chi connectivity index (χ4n) is 2.23. The number of carbonyl (C=O) groups excluding carboxylic acids is 1. The maximum absolute atomic E-state index is 13.7. The Kier molecular flexibility index (Phi) is 6.13. The van der Waals surface area contributed by atoms with Crippen LogP contribution in [0.25, 0.3) is 0 Å². The number of rotatable bonds is 6. The molecule has 1 aromatic heterocycles. The van der Waals surface area contributed by atoms with Crippen LogP contribution in [0.5, 0.6) is 17.4 Å². The van der Waals surface area contributed by atoms with Crippen LogP contribution in [0.1, 0.15) is 15.9 Å². The van der Waals surface area contributed by atoms with Gasteiger partial charge in [-0.05, 0) is 41.4 Å². The molecule has 7 nitrogen and oxygen atoms in total. The minimum atomic E-state index is -0.743. The molecule has 1 N–H and O–H groups in total. The second-order valence-corrected chi connectivity index (χ2v) is 5.70. The average molecular weight is 401 g/mol. The molecule has 0 aliphatic heterocycles. The monoisotopic (exact) mass is 400 g/mol. The molecule has 0 saturated carbocycles. The van der Waals surface area contributed by atoms with Crippen LogP contribution in [-0.2, 0) is 0 Å². The normalized spacial score (nSPS) is 10.7. The van der Waals surface area contributed by atoms with Crippen LogP contribution in [0.2, 0.25) is 5.28 Å². The molecule has 1 amide bonds. The molecular formula is C19H14ClFN4O3. The number of hydrogen-bond donors (Lipinski definition) is 1. The number of nitrogens with one attached hydrogen (secondary N) is 1. The topological polar surface area (TPSA) is 85.7 Å². The molecule has 0 unspecified atom stereocenters. The van der Waals surface area contributed by atoms with Crippen molar-refractivity contribution in [3.63, 3.8) is 0 Å². The molecule has 28 heavy (non-hydrogen) atoms. The molecule has 1 heterocycles. The quantitative estimate of drug-likeness (QED) is 0.386. The summed E-state index contributed by atoms with van der Waals surface area (Å²) in [5.41, 5.74) is 3.39. The summed E-state index contributed by atoms with van der Waals surface area (Å²) in [6, 6.07) is 13.4. The van der Waals surface area contributed by atoms with E-state index in [2.05, 4.69) is 20.5 Å².